The van der Waals surface area contributed by atoms with Crippen LogP contribution in [0.5, 0.6) is 0 Å². The lowest BCUT2D eigenvalue weighted by Crippen LogP contribution is -2.38. The number of hydrogen-bond acceptors (Lipinski definition) is 4. The van der Waals surface area contributed by atoms with Gasteiger partial charge in [0, 0.05) is 19.7 Å². The summed E-state index contributed by atoms with van der Waals surface area (Å²) in [5.41, 5.74) is 0.478. The first-order valence-corrected chi connectivity index (χ1v) is 9.59. The van der Waals surface area contributed by atoms with Crippen LogP contribution in [-0.2, 0) is 14.8 Å². The second-order valence-corrected chi connectivity index (χ2v) is 8.08. The van der Waals surface area contributed by atoms with Gasteiger partial charge in [0.15, 0.2) is 0 Å². The van der Waals surface area contributed by atoms with Gasteiger partial charge in [-0.25, -0.2) is 17.5 Å². The second-order valence-electron chi connectivity index (χ2n) is 6.20. The van der Waals surface area contributed by atoms with Gasteiger partial charge in [-0.3, -0.25) is 0 Å². The molecule has 128 valence electrons. The molecule has 0 aliphatic carbocycles. The highest BCUT2D eigenvalue weighted by molar-refractivity contribution is 7.89. The highest BCUT2D eigenvalue weighted by Crippen LogP contribution is 2.32. The van der Waals surface area contributed by atoms with Crippen molar-refractivity contribution in [2.24, 2.45) is 5.92 Å². The SMILES string of the molecule is CNS(=O)(=O)c1ccc(N2CCC(C3CCCO3)CC2)c(F)c1. The molecular formula is C16H23FN2O3S. The average Bonchev–Trinajstić information content (AvgIpc) is 3.09. The van der Waals surface area contributed by atoms with Crippen molar-refractivity contribution >= 4 is 15.7 Å². The van der Waals surface area contributed by atoms with Gasteiger partial charge < -0.3 is 9.64 Å². The lowest BCUT2D eigenvalue weighted by molar-refractivity contribution is 0.0531. The summed E-state index contributed by atoms with van der Waals surface area (Å²) in [6.45, 7) is 2.42. The fourth-order valence-electron chi connectivity index (χ4n) is 3.52. The van der Waals surface area contributed by atoms with Gasteiger partial charge in [0.1, 0.15) is 5.82 Å². The van der Waals surface area contributed by atoms with E-state index in [4.69, 9.17) is 4.74 Å². The Morgan fingerprint density at radius 2 is 2.00 bits per heavy atom. The topological polar surface area (TPSA) is 58.6 Å². The molecule has 0 bridgehead atoms. The van der Waals surface area contributed by atoms with Crippen molar-refractivity contribution in [3.8, 4) is 0 Å². The van der Waals surface area contributed by atoms with E-state index in [1.54, 1.807) is 6.07 Å². The van der Waals surface area contributed by atoms with Crippen LogP contribution in [0.4, 0.5) is 10.1 Å². The lowest BCUT2D eigenvalue weighted by Gasteiger charge is -2.36. The molecule has 1 N–H and O–H groups in total. The molecule has 0 spiro atoms. The van der Waals surface area contributed by atoms with Crippen molar-refractivity contribution in [1.82, 2.24) is 4.72 Å². The Hall–Kier alpha value is -1.18. The number of sulfonamides is 1. The Bertz CT molecular complexity index is 651. The minimum Gasteiger partial charge on any atom is -0.378 e. The van der Waals surface area contributed by atoms with E-state index in [1.807, 2.05) is 4.90 Å². The van der Waals surface area contributed by atoms with Crippen LogP contribution in [-0.4, -0.2) is 41.3 Å². The normalized spacial score (nSPS) is 23.4. The molecule has 0 amide bonds. The summed E-state index contributed by atoms with van der Waals surface area (Å²) in [5.74, 6) is 0.0673. The van der Waals surface area contributed by atoms with Crippen molar-refractivity contribution in [3.05, 3.63) is 24.0 Å². The maximum Gasteiger partial charge on any atom is 0.240 e. The van der Waals surface area contributed by atoms with E-state index >= 15 is 0 Å². The maximum atomic E-state index is 14.3. The first-order chi connectivity index (χ1) is 11.0. The summed E-state index contributed by atoms with van der Waals surface area (Å²) >= 11 is 0. The van der Waals surface area contributed by atoms with E-state index in [2.05, 4.69) is 4.72 Å². The average molecular weight is 342 g/mol. The Kier molecular flexibility index (Phi) is 4.89. The molecule has 5 nitrogen and oxygen atoms in total. The molecule has 0 aromatic heterocycles. The number of halogens is 1. The number of hydrogen-bond donors (Lipinski definition) is 1. The minimum atomic E-state index is -3.61. The van der Waals surface area contributed by atoms with Crippen LogP contribution in [0.1, 0.15) is 25.7 Å². The molecule has 2 aliphatic rings. The smallest absolute Gasteiger partial charge is 0.240 e. The molecule has 0 saturated carbocycles. The van der Waals surface area contributed by atoms with E-state index in [0.29, 0.717) is 17.7 Å². The highest BCUT2D eigenvalue weighted by atomic mass is 32.2. The molecule has 1 aromatic rings. The predicted octanol–water partition coefficient (Wildman–Crippen LogP) is 2.13. The number of piperidine rings is 1. The lowest BCUT2D eigenvalue weighted by atomic mass is 9.89. The largest absolute Gasteiger partial charge is 0.378 e. The fourth-order valence-corrected chi connectivity index (χ4v) is 4.26. The van der Waals surface area contributed by atoms with Gasteiger partial charge >= 0.3 is 0 Å². The van der Waals surface area contributed by atoms with Crippen LogP contribution >= 0.6 is 0 Å². The molecule has 7 heteroatoms. The first kappa shape index (κ1) is 16.7. The molecule has 3 rings (SSSR count). The van der Waals surface area contributed by atoms with Crippen LogP contribution in [0, 0.1) is 11.7 Å². The van der Waals surface area contributed by atoms with E-state index in [0.717, 1.165) is 51.4 Å². The van der Waals surface area contributed by atoms with Crippen LogP contribution in [0.2, 0.25) is 0 Å². The van der Waals surface area contributed by atoms with E-state index < -0.39 is 15.8 Å². The first-order valence-electron chi connectivity index (χ1n) is 8.11. The van der Waals surface area contributed by atoms with E-state index in [1.165, 1.54) is 13.1 Å². The van der Waals surface area contributed by atoms with Gasteiger partial charge in [-0.2, -0.15) is 0 Å². The quantitative estimate of drug-likeness (QED) is 0.911. The highest BCUT2D eigenvalue weighted by Gasteiger charge is 2.30. The molecule has 2 aliphatic heterocycles. The van der Waals surface area contributed by atoms with Crippen molar-refractivity contribution in [3.63, 3.8) is 0 Å². The number of anilines is 1. The molecule has 2 saturated heterocycles. The van der Waals surface area contributed by atoms with Crippen molar-refractivity contribution in [1.29, 1.82) is 0 Å². The Balaban J connectivity index is 1.68. The Labute approximate surface area is 136 Å². The molecule has 0 radical (unpaired) electrons. The van der Waals surface area contributed by atoms with Gasteiger partial charge in [-0.05, 0) is 56.8 Å². The summed E-state index contributed by atoms with van der Waals surface area (Å²) in [5, 5.41) is 0. The molecule has 1 aromatic carbocycles. The number of rotatable bonds is 4. The summed E-state index contributed by atoms with van der Waals surface area (Å²) in [6.07, 6.45) is 4.61. The fraction of sp³-hybridized carbons (Fsp3) is 0.625. The third-order valence-corrected chi connectivity index (χ3v) is 6.28. The Morgan fingerprint density at radius 3 is 2.57 bits per heavy atom. The predicted molar refractivity (Wildman–Crippen MR) is 86.6 cm³/mol. The van der Waals surface area contributed by atoms with E-state index in [-0.39, 0.29) is 4.90 Å². The number of ether oxygens (including phenoxy) is 1. The van der Waals surface area contributed by atoms with Crippen LogP contribution < -0.4 is 9.62 Å². The third-order valence-electron chi connectivity index (χ3n) is 4.87. The summed E-state index contributed by atoms with van der Waals surface area (Å²) in [6, 6.07) is 4.11. The zero-order chi connectivity index (χ0) is 16.4. The molecular weight excluding hydrogens is 319 g/mol. The van der Waals surface area contributed by atoms with Crippen LogP contribution in [0.3, 0.4) is 0 Å². The van der Waals surface area contributed by atoms with Gasteiger partial charge in [-0.15, -0.1) is 0 Å². The van der Waals surface area contributed by atoms with Crippen molar-refractivity contribution in [2.45, 2.75) is 36.7 Å². The molecule has 1 unspecified atom stereocenters. The zero-order valence-electron chi connectivity index (χ0n) is 13.3. The molecule has 2 heterocycles. The van der Waals surface area contributed by atoms with Crippen LogP contribution in [0.15, 0.2) is 23.1 Å². The monoisotopic (exact) mass is 342 g/mol. The number of nitrogens with one attached hydrogen (secondary N) is 1. The van der Waals surface area contributed by atoms with Crippen LogP contribution in [0.25, 0.3) is 0 Å². The zero-order valence-corrected chi connectivity index (χ0v) is 14.1. The number of benzene rings is 1. The molecule has 23 heavy (non-hydrogen) atoms. The molecule has 1 atom stereocenters. The second kappa shape index (κ2) is 6.75. The van der Waals surface area contributed by atoms with Crippen molar-refractivity contribution < 1.29 is 17.5 Å². The maximum absolute atomic E-state index is 14.3. The Morgan fingerprint density at radius 1 is 1.26 bits per heavy atom. The molecule has 2 fully saturated rings. The third kappa shape index (κ3) is 3.51. The summed E-state index contributed by atoms with van der Waals surface area (Å²) in [7, 11) is -2.30. The minimum absolute atomic E-state index is 0.0458. The summed E-state index contributed by atoms with van der Waals surface area (Å²) in [4.78, 5) is 1.95. The summed E-state index contributed by atoms with van der Waals surface area (Å²) < 4.78 is 45.7. The van der Waals surface area contributed by atoms with Gasteiger partial charge in [0.25, 0.3) is 0 Å². The van der Waals surface area contributed by atoms with Crippen molar-refractivity contribution in [2.75, 3.05) is 31.6 Å². The van der Waals surface area contributed by atoms with Gasteiger partial charge in [0.05, 0.1) is 16.7 Å². The van der Waals surface area contributed by atoms with Gasteiger partial charge in [0.2, 0.25) is 10.0 Å². The standard InChI is InChI=1S/C16H23FN2O3S/c1-18-23(20,21)13-4-5-15(14(17)11-13)19-8-6-12(7-9-19)16-3-2-10-22-16/h4-5,11-12,16,18H,2-3,6-10H2,1H3. The number of nitrogens with zero attached hydrogens (tertiary/aromatic N) is 1. The van der Waals surface area contributed by atoms with E-state index in [9.17, 15) is 12.8 Å². The van der Waals surface area contributed by atoms with Gasteiger partial charge in [-0.1, -0.05) is 0 Å².